The third kappa shape index (κ3) is 5.10. The van der Waals surface area contributed by atoms with Crippen molar-refractivity contribution in [2.45, 2.75) is 39.3 Å². The van der Waals surface area contributed by atoms with Crippen molar-refractivity contribution in [2.75, 3.05) is 19.6 Å². The standard InChI is InChI=1S/C16H25N3O2/c1-13(2)10-18(12-15-4-3-9-17-15)11-14-5-7-16(8-6-14)19(20)21/h5-8,13,15,17H,3-4,9-12H2,1-2H3. The minimum Gasteiger partial charge on any atom is -0.313 e. The molecule has 1 fully saturated rings. The highest BCUT2D eigenvalue weighted by atomic mass is 16.6. The molecular weight excluding hydrogens is 266 g/mol. The first kappa shape index (κ1) is 15.9. The normalized spacial score (nSPS) is 18.6. The first-order valence-corrected chi connectivity index (χ1v) is 7.73. The lowest BCUT2D eigenvalue weighted by Crippen LogP contribution is -2.38. The average molecular weight is 291 g/mol. The SMILES string of the molecule is CC(C)CN(Cc1ccc([N+](=O)[O-])cc1)CC1CCCN1. The zero-order valence-electron chi connectivity index (χ0n) is 12.9. The summed E-state index contributed by atoms with van der Waals surface area (Å²) in [6, 6.07) is 7.51. The molecule has 0 aromatic heterocycles. The van der Waals surface area contributed by atoms with Crippen molar-refractivity contribution in [3.8, 4) is 0 Å². The van der Waals surface area contributed by atoms with Gasteiger partial charge >= 0.3 is 0 Å². The molecule has 0 aliphatic carbocycles. The molecule has 116 valence electrons. The predicted octanol–water partition coefficient (Wildman–Crippen LogP) is 2.80. The maximum atomic E-state index is 10.7. The summed E-state index contributed by atoms with van der Waals surface area (Å²) < 4.78 is 0. The Balaban J connectivity index is 1.97. The van der Waals surface area contributed by atoms with E-state index in [0.717, 1.165) is 31.7 Å². The Bertz CT molecular complexity index is 453. The number of benzene rings is 1. The zero-order chi connectivity index (χ0) is 15.2. The van der Waals surface area contributed by atoms with Crippen molar-refractivity contribution in [3.05, 3.63) is 39.9 Å². The molecule has 0 spiro atoms. The molecule has 1 aliphatic heterocycles. The minimum absolute atomic E-state index is 0.159. The number of hydrogen-bond donors (Lipinski definition) is 1. The van der Waals surface area contributed by atoms with Crippen molar-refractivity contribution >= 4 is 5.69 Å². The van der Waals surface area contributed by atoms with Crippen LogP contribution < -0.4 is 5.32 Å². The van der Waals surface area contributed by atoms with Crippen LogP contribution in [0.1, 0.15) is 32.3 Å². The number of nitrogens with one attached hydrogen (secondary N) is 1. The molecule has 21 heavy (non-hydrogen) atoms. The number of nitro groups is 1. The summed E-state index contributed by atoms with van der Waals surface area (Å²) in [6.45, 7) is 8.53. The van der Waals surface area contributed by atoms with Crippen molar-refractivity contribution < 1.29 is 4.92 Å². The topological polar surface area (TPSA) is 58.4 Å². The van der Waals surface area contributed by atoms with Gasteiger partial charge in [-0.2, -0.15) is 0 Å². The Morgan fingerprint density at radius 3 is 2.62 bits per heavy atom. The molecule has 0 amide bonds. The molecule has 2 rings (SSSR count). The highest BCUT2D eigenvalue weighted by Gasteiger charge is 2.18. The second-order valence-corrected chi connectivity index (χ2v) is 6.30. The average Bonchev–Trinajstić information content (AvgIpc) is 2.91. The highest BCUT2D eigenvalue weighted by molar-refractivity contribution is 5.32. The fourth-order valence-electron chi connectivity index (χ4n) is 2.93. The Morgan fingerprint density at radius 2 is 2.10 bits per heavy atom. The van der Waals surface area contributed by atoms with Gasteiger partial charge in [0.05, 0.1) is 4.92 Å². The molecule has 1 atom stereocenters. The first-order chi connectivity index (χ1) is 10.0. The lowest BCUT2D eigenvalue weighted by Gasteiger charge is -2.27. The van der Waals surface area contributed by atoms with Crippen LogP contribution in [0.25, 0.3) is 0 Å². The van der Waals surface area contributed by atoms with Crippen LogP contribution in [0, 0.1) is 16.0 Å². The molecule has 1 saturated heterocycles. The Kier molecular flexibility index (Phi) is 5.70. The lowest BCUT2D eigenvalue weighted by atomic mass is 10.1. The predicted molar refractivity (Wildman–Crippen MR) is 84.2 cm³/mol. The Hall–Kier alpha value is -1.46. The van der Waals surface area contributed by atoms with Crippen LogP contribution >= 0.6 is 0 Å². The molecule has 5 nitrogen and oxygen atoms in total. The Morgan fingerprint density at radius 1 is 1.38 bits per heavy atom. The zero-order valence-corrected chi connectivity index (χ0v) is 12.9. The van der Waals surface area contributed by atoms with Crippen molar-refractivity contribution in [2.24, 2.45) is 5.92 Å². The van der Waals surface area contributed by atoms with E-state index in [1.54, 1.807) is 12.1 Å². The summed E-state index contributed by atoms with van der Waals surface area (Å²) in [7, 11) is 0. The van der Waals surface area contributed by atoms with Gasteiger partial charge in [0.25, 0.3) is 5.69 Å². The molecule has 0 radical (unpaired) electrons. The second-order valence-electron chi connectivity index (χ2n) is 6.30. The number of rotatable bonds is 7. The van der Waals surface area contributed by atoms with Gasteiger partial charge in [-0.25, -0.2) is 0 Å². The van der Waals surface area contributed by atoms with Gasteiger partial charge in [-0.15, -0.1) is 0 Å². The number of non-ortho nitro benzene ring substituents is 1. The Labute approximate surface area is 126 Å². The highest BCUT2D eigenvalue weighted by Crippen LogP contribution is 2.16. The maximum absolute atomic E-state index is 10.7. The van der Waals surface area contributed by atoms with E-state index in [-0.39, 0.29) is 10.6 Å². The molecule has 1 aromatic rings. The molecule has 1 aromatic carbocycles. The summed E-state index contributed by atoms with van der Waals surface area (Å²) in [5.74, 6) is 0.615. The fraction of sp³-hybridized carbons (Fsp3) is 0.625. The maximum Gasteiger partial charge on any atom is 0.269 e. The number of hydrogen-bond acceptors (Lipinski definition) is 4. The lowest BCUT2D eigenvalue weighted by molar-refractivity contribution is -0.384. The number of nitrogens with zero attached hydrogens (tertiary/aromatic N) is 2. The summed E-state index contributed by atoms with van der Waals surface area (Å²) in [4.78, 5) is 12.8. The van der Waals surface area contributed by atoms with Crippen LogP contribution in [0.15, 0.2) is 24.3 Å². The van der Waals surface area contributed by atoms with Crippen LogP contribution in [-0.2, 0) is 6.54 Å². The van der Waals surface area contributed by atoms with Crippen LogP contribution in [0.5, 0.6) is 0 Å². The first-order valence-electron chi connectivity index (χ1n) is 7.73. The second kappa shape index (κ2) is 7.52. The summed E-state index contributed by atoms with van der Waals surface area (Å²) >= 11 is 0. The van der Waals surface area contributed by atoms with Gasteiger partial charge in [-0.05, 0) is 30.9 Å². The molecule has 0 bridgehead atoms. The van der Waals surface area contributed by atoms with Gasteiger partial charge in [0.1, 0.15) is 0 Å². The van der Waals surface area contributed by atoms with Crippen LogP contribution in [0.3, 0.4) is 0 Å². The van der Waals surface area contributed by atoms with Gasteiger partial charge in [-0.1, -0.05) is 26.0 Å². The summed E-state index contributed by atoms with van der Waals surface area (Å²) in [5, 5.41) is 14.2. The van der Waals surface area contributed by atoms with Crippen LogP contribution in [-0.4, -0.2) is 35.5 Å². The van der Waals surface area contributed by atoms with Gasteiger partial charge in [0.15, 0.2) is 0 Å². The van der Waals surface area contributed by atoms with E-state index in [1.807, 2.05) is 12.1 Å². The molecule has 1 aliphatic rings. The number of nitro benzene ring substituents is 1. The third-order valence-electron chi connectivity index (χ3n) is 3.82. The van der Waals surface area contributed by atoms with E-state index < -0.39 is 0 Å². The molecule has 1 N–H and O–H groups in total. The summed E-state index contributed by atoms with van der Waals surface area (Å²) in [6.07, 6.45) is 2.51. The molecule has 1 heterocycles. The van der Waals surface area contributed by atoms with E-state index in [4.69, 9.17) is 0 Å². The van der Waals surface area contributed by atoms with E-state index in [2.05, 4.69) is 24.1 Å². The van der Waals surface area contributed by atoms with Gasteiger partial charge < -0.3 is 5.32 Å². The van der Waals surface area contributed by atoms with Crippen molar-refractivity contribution in [1.29, 1.82) is 0 Å². The van der Waals surface area contributed by atoms with E-state index in [0.29, 0.717) is 12.0 Å². The van der Waals surface area contributed by atoms with E-state index >= 15 is 0 Å². The van der Waals surface area contributed by atoms with Crippen molar-refractivity contribution in [1.82, 2.24) is 10.2 Å². The van der Waals surface area contributed by atoms with Gasteiger partial charge in [0, 0.05) is 37.8 Å². The molecule has 5 heteroatoms. The fourth-order valence-corrected chi connectivity index (χ4v) is 2.93. The molecule has 1 unspecified atom stereocenters. The van der Waals surface area contributed by atoms with Crippen molar-refractivity contribution in [3.63, 3.8) is 0 Å². The monoisotopic (exact) mass is 291 g/mol. The quantitative estimate of drug-likeness (QED) is 0.620. The smallest absolute Gasteiger partial charge is 0.269 e. The molecular formula is C16H25N3O2. The van der Waals surface area contributed by atoms with Crippen LogP contribution in [0.4, 0.5) is 5.69 Å². The van der Waals surface area contributed by atoms with E-state index in [1.165, 1.54) is 12.8 Å². The van der Waals surface area contributed by atoms with Gasteiger partial charge in [0.2, 0.25) is 0 Å². The van der Waals surface area contributed by atoms with Crippen LogP contribution in [0.2, 0.25) is 0 Å². The molecule has 0 saturated carbocycles. The summed E-state index contributed by atoms with van der Waals surface area (Å²) in [5.41, 5.74) is 1.30. The largest absolute Gasteiger partial charge is 0.313 e. The minimum atomic E-state index is -0.349. The van der Waals surface area contributed by atoms with E-state index in [9.17, 15) is 10.1 Å². The third-order valence-corrected chi connectivity index (χ3v) is 3.82. The van der Waals surface area contributed by atoms with Gasteiger partial charge in [-0.3, -0.25) is 15.0 Å².